The maximum Gasteiger partial charge on any atom is 0.241 e. The number of hydrazine groups is 1. The molecule has 2 N–H and O–H groups in total. The van der Waals surface area contributed by atoms with Crippen molar-refractivity contribution >= 4 is 31.9 Å². The van der Waals surface area contributed by atoms with Gasteiger partial charge in [0.05, 0.1) is 6.26 Å². The summed E-state index contributed by atoms with van der Waals surface area (Å²) in [5.41, 5.74) is 7.47. The van der Waals surface area contributed by atoms with Crippen molar-refractivity contribution in [1.29, 1.82) is 0 Å². The van der Waals surface area contributed by atoms with Crippen LogP contribution in [-0.2, 0) is 14.8 Å². The second-order valence-corrected chi connectivity index (χ2v) is 9.97. The van der Waals surface area contributed by atoms with E-state index in [4.69, 9.17) is 0 Å². The maximum atomic E-state index is 12.8. The van der Waals surface area contributed by atoms with Crippen LogP contribution in [0.2, 0.25) is 0 Å². The number of carbonyl (C=O) groups excluding carboxylic acids is 1. The number of sulfonamides is 1. The second kappa shape index (κ2) is 7.93. The molecule has 7 nitrogen and oxygen atoms in total. The fraction of sp³-hybridized carbons (Fsp3) is 0.588. The van der Waals surface area contributed by atoms with Gasteiger partial charge in [-0.2, -0.15) is 0 Å². The molecule has 2 aliphatic rings. The van der Waals surface area contributed by atoms with Crippen LogP contribution < -0.4 is 10.9 Å². The van der Waals surface area contributed by atoms with Gasteiger partial charge in [-0.05, 0) is 37.0 Å². The molecule has 2 atom stereocenters. The summed E-state index contributed by atoms with van der Waals surface area (Å²) in [6.07, 6.45) is 3.27. The van der Waals surface area contributed by atoms with Crippen molar-refractivity contribution in [1.82, 2.24) is 20.1 Å². The highest BCUT2D eigenvalue weighted by molar-refractivity contribution is 9.10. The van der Waals surface area contributed by atoms with Crippen LogP contribution in [0.1, 0.15) is 30.9 Å². The maximum absolute atomic E-state index is 12.8. The highest BCUT2D eigenvalue weighted by Crippen LogP contribution is 2.26. The molecule has 144 valence electrons. The van der Waals surface area contributed by atoms with Crippen LogP contribution in [0.15, 0.2) is 28.7 Å². The fourth-order valence-electron chi connectivity index (χ4n) is 3.57. The number of likely N-dealkylation sites (tertiary alicyclic amines) is 1. The molecule has 2 heterocycles. The third kappa shape index (κ3) is 4.45. The van der Waals surface area contributed by atoms with Crippen molar-refractivity contribution < 1.29 is 13.2 Å². The number of amides is 1. The van der Waals surface area contributed by atoms with Crippen molar-refractivity contribution in [3.63, 3.8) is 0 Å². The molecule has 2 saturated heterocycles. The molecule has 0 radical (unpaired) electrons. The molecule has 3 rings (SSSR count). The van der Waals surface area contributed by atoms with Gasteiger partial charge in [0.25, 0.3) is 0 Å². The second-order valence-electron chi connectivity index (χ2n) is 7.02. The predicted molar refractivity (Wildman–Crippen MR) is 104 cm³/mol. The van der Waals surface area contributed by atoms with Gasteiger partial charge in [-0.25, -0.2) is 23.6 Å². The Balaban J connectivity index is 1.54. The zero-order valence-corrected chi connectivity index (χ0v) is 17.4. The molecule has 0 saturated carbocycles. The van der Waals surface area contributed by atoms with E-state index >= 15 is 0 Å². The minimum absolute atomic E-state index is 0.0285. The van der Waals surface area contributed by atoms with Crippen molar-refractivity contribution in [2.45, 2.75) is 37.4 Å². The first-order valence-corrected chi connectivity index (χ1v) is 11.4. The van der Waals surface area contributed by atoms with Gasteiger partial charge in [-0.1, -0.05) is 28.1 Å². The summed E-state index contributed by atoms with van der Waals surface area (Å²) in [6, 6.07) is 7.90. The lowest BCUT2D eigenvalue weighted by Crippen LogP contribution is -2.51. The van der Waals surface area contributed by atoms with Crippen LogP contribution in [0.4, 0.5) is 0 Å². The van der Waals surface area contributed by atoms with Crippen LogP contribution in [0.25, 0.3) is 0 Å². The van der Waals surface area contributed by atoms with Gasteiger partial charge in [0, 0.05) is 36.7 Å². The van der Waals surface area contributed by atoms with Crippen molar-refractivity contribution in [2.75, 3.05) is 26.4 Å². The molecule has 1 aromatic rings. The Labute approximate surface area is 163 Å². The Morgan fingerprint density at radius 3 is 2.38 bits per heavy atom. The average molecular weight is 445 g/mol. The predicted octanol–water partition coefficient (Wildman–Crippen LogP) is 1.24. The summed E-state index contributed by atoms with van der Waals surface area (Å²) in [6.45, 7) is 1.18. The number of rotatable bonds is 4. The van der Waals surface area contributed by atoms with Crippen molar-refractivity contribution in [2.24, 2.45) is 0 Å². The molecule has 2 fully saturated rings. The molecular formula is C17H25BrN4O3S. The van der Waals surface area contributed by atoms with E-state index in [2.05, 4.69) is 26.8 Å². The van der Waals surface area contributed by atoms with Crippen LogP contribution >= 0.6 is 15.9 Å². The van der Waals surface area contributed by atoms with Gasteiger partial charge < -0.3 is 4.90 Å². The summed E-state index contributed by atoms with van der Waals surface area (Å²) in [5.74, 6) is 0.0811. The highest BCUT2D eigenvalue weighted by atomic mass is 79.9. The molecule has 0 bridgehead atoms. The first kappa shape index (κ1) is 19.8. The molecule has 2 unspecified atom stereocenters. The fourth-order valence-corrected chi connectivity index (χ4v) is 4.59. The largest absolute Gasteiger partial charge is 0.341 e. The van der Waals surface area contributed by atoms with Gasteiger partial charge in [-0.15, -0.1) is 0 Å². The first-order valence-electron chi connectivity index (χ1n) is 8.74. The lowest BCUT2D eigenvalue weighted by atomic mass is 10.00. The number of piperidine rings is 1. The van der Waals surface area contributed by atoms with E-state index in [9.17, 15) is 13.2 Å². The third-order valence-corrected chi connectivity index (χ3v) is 7.16. The Hall–Kier alpha value is -1.00. The Bertz CT molecular complexity index is 748. The third-order valence-electron chi connectivity index (χ3n) is 5.29. The van der Waals surface area contributed by atoms with Crippen LogP contribution in [0.3, 0.4) is 0 Å². The zero-order chi connectivity index (χ0) is 18.9. The SMILES string of the molecule is CN(C1CCN(C(=O)C2CC(c3ccc(Br)cc3)NN2)CC1)S(C)(=O)=O. The number of carbonyl (C=O) groups is 1. The molecule has 0 aliphatic carbocycles. The summed E-state index contributed by atoms with van der Waals surface area (Å²) in [4.78, 5) is 14.6. The molecule has 26 heavy (non-hydrogen) atoms. The minimum Gasteiger partial charge on any atom is -0.341 e. The van der Waals surface area contributed by atoms with Crippen LogP contribution in [-0.4, -0.2) is 62.0 Å². The summed E-state index contributed by atoms with van der Waals surface area (Å²) < 4.78 is 25.8. The van der Waals surface area contributed by atoms with Crippen LogP contribution in [0, 0.1) is 0 Å². The topological polar surface area (TPSA) is 81.8 Å². The van der Waals surface area contributed by atoms with Gasteiger partial charge in [0.15, 0.2) is 0 Å². The minimum atomic E-state index is -3.19. The lowest BCUT2D eigenvalue weighted by Gasteiger charge is -2.36. The monoisotopic (exact) mass is 444 g/mol. The standard InChI is InChI=1S/C17H25BrN4O3S/c1-21(26(2,24)25)14-7-9-22(10-8-14)17(23)16-11-15(19-20-16)12-3-5-13(18)6-4-12/h3-6,14-16,19-20H,7-11H2,1-2H3. The number of nitrogens with zero attached hydrogens (tertiary/aromatic N) is 2. The molecule has 2 aliphatic heterocycles. The Morgan fingerprint density at radius 1 is 1.19 bits per heavy atom. The lowest BCUT2D eigenvalue weighted by molar-refractivity contribution is -0.134. The van der Waals surface area contributed by atoms with E-state index in [1.165, 1.54) is 10.6 Å². The van der Waals surface area contributed by atoms with Gasteiger partial charge in [0.2, 0.25) is 15.9 Å². The normalized spacial score (nSPS) is 25.0. The van der Waals surface area contributed by atoms with E-state index in [1.54, 1.807) is 7.05 Å². The number of halogens is 1. The molecule has 0 spiro atoms. The average Bonchev–Trinajstić information content (AvgIpc) is 3.10. The molecule has 9 heteroatoms. The van der Waals surface area contributed by atoms with Gasteiger partial charge in [-0.3, -0.25) is 4.79 Å². The highest BCUT2D eigenvalue weighted by Gasteiger charge is 2.35. The molecular weight excluding hydrogens is 420 g/mol. The quantitative estimate of drug-likeness (QED) is 0.729. The van der Waals surface area contributed by atoms with E-state index in [1.807, 2.05) is 29.2 Å². The first-order chi connectivity index (χ1) is 12.3. The van der Waals surface area contributed by atoms with E-state index < -0.39 is 10.0 Å². The number of benzene rings is 1. The number of hydrogen-bond donors (Lipinski definition) is 2. The van der Waals surface area contributed by atoms with E-state index in [-0.39, 0.29) is 24.0 Å². The van der Waals surface area contributed by atoms with E-state index in [0.29, 0.717) is 32.4 Å². The number of hydrogen-bond acceptors (Lipinski definition) is 5. The van der Waals surface area contributed by atoms with E-state index in [0.717, 1.165) is 10.0 Å². The smallest absolute Gasteiger partial charge is 0.241 e. The number of nitrogens with one attached hydrogen (secondary N) is 2. The van der Waals surface area contributed by atoms with Crippen molar-refractivity contribution in [3.8, 4) is 0 Å². The molecule has 1 amide bonds. The van der Waals surface area contributed by atoms with Gasteiger partial charge >= 0.3 is 0 Å². The van der Waals surface area contributed by atoms with Crippen molar-refractivity contribution in [3.05, 3.63) is 34.3 Å². The zero-order valence-electron chi connectivity index (χ0n) is 15.0. The summed E-state index contributed by atoms with van der Waals surface area (Å²) in [5, 5.41) is 0. The molecule has 0 aromatic heterocycles. The van der Waals surface area contributed by atoms with Crippen LogP contribution in [0.5, 0.6) is 0 Å². The molecule has 1 aromatic carbocycles. The van der Waals surface area contributed by atoms with Gasteiger partial charge in [0.1, 0.15) is 6.04 Å². The summed E-state index contributed by atoms with van der Waals surface area (Å²) >= 11 is 3.43. The Kier molecular flexibility index (Phi) is 6.03. The Morgan fingerprint density at radius 2 is 1.81 bits per heavy atom. The summed E-state index contributed by atoms with van der Waals surface area (Å²) in [7, 11) is -1.58.